The van der Waals surface area contributed by atoms with Crippen LogP contribution in [0.1, 0.15) is 11.7 Å². The van der Waals surface area contributed by atoms with Gasteiger partial charge in [-0.1, -0.05) is 18.2 Å². The molecule has 2 aromatic carbocycles. The molecule has 23 heavy (non-hydrogen) atoms. The summed E-state index contributed by atoms with van der Waals surface area (Å²) >= 11 is 0. The minimum absolute atomic E-state index is 0.0422. The molecule has 0 aromatic heterocycles. The van der Waals surface area contributed by atoms with E-state index in [2.05, 4.69) is 10.1 Å². The van der Waals surface area contributed by atoms with E-state index < -0.39 is 6.61 Å². The summed E-state index contributed by atoms with van der Waals surface area (Å²) in [5, 5.41) is 3.28. The van der Waals surface area contributed by atoms with Gasteiger partial charge in [-0.15, -0.1) is 0 Å². The summed E-state index contributed by atoms with van der Waals surface area (Å²) in [5.41, 5.74) is 1.07. The van der Waals surface area contributed by atoms with Gasteiger partial charge in [-0.25, -0.2) is 0 Å². The number of nitrogens with one attached hydrogen (secondary N) is 1. The molecule has 0 spiro atoms. The fraction of sp³-hybridized carbons (Fsp3) is 0.294. The molecule has 0 radical (unpaired) electrons. The molecule has 0 amide bonds. The quantitative estimate of drug-likeness (QED) is 0.910. The summed E-state index contributed by atoms with van der Waals surface area (Å²) in [4.78, 5) is 0. The van der Waals surface area contributed by atoms with Crippen LogP contribution >= 0.6 is 0 Å². The Labute approximate surface area is 133 Å². The molecule has 3 rings (SSSR count). The average Bonchev–Trinajstić information content (AvgIpc) is 2.56. The minimum atomic E-state index is -2.85. The van der Waals surface area contributed by atoms with Crippen molar-refractivity contribution in [3.63, 3.8) is 0 Å². The maximum absolute atomic E-state index is 12.2. The van der Waals surface area contributed by atoms with E-state index in [9.17, 15) is 8.78 Å². The Hall–Kier alpha value is -2.18. The fourth-order valence-corrected chi connectivity index (χ4v) is 2.38. The van der Waals surface area contributed by atoms with Crippen molar-refractivity contribution in [3.05, 3.63) is 54.1 Å². The maximum Gasteiger partial charge on any atom is 0.387 e. The van der Waals surface area contributed by atoms with Gasteiger partial charge in [0.2, 0.25) is 0 Å². The number of ether oxygens (including phenoxy) is 3. The van der Waals surface area contributed by atoms with Gasteiger partial charge in [-0.3, -0.25) is 0 Å². The molecule has 1 N–H and O–H groups in total. The van der Waals surface area contributed by atoms with Gasteiger partial charge in [0.05, 0.1) is 12.7 Å². The van der Waals surface area contributed by atoms with E-state index >= 15 is 0 Å². The van der Waals surface area contributed by atoms with Gasteiger partial charge in [-0.05, 0) is 29.8 Å². The van der Waals surface area contributed by atoms with E-state index in [-0.39, 0.29) is 11.9 Å². The normalized spacial score (nSPS) is 18.0. The molecule has 1 heterocycles. The first-order valence-corrected chi connectivity index (χ1v) is 7.36. The molecule has 2 aromatic rings. The van der Waals surface area contributed by atoms with Crippen molar-refractivity contribution in [1.82, 2.24) is 5.32 Å². The predicted molar refractivity (Wildman–Crippen MR) is 81.2 cm³/mol. The number of benzene rings is 2. The molecule has 1 unspecified atom stereocenters. The zero-order valence-electron chi connectivity index (χ0n) is 12.4. The Morgan fingerprint density at radius 2 is 1.83 bits per heavy atom. The average molecular weight is 321 g/mol. The molecule has 4 nitrogen and oxygen atoms in total. The van der Waals surface area contributed by atoms with Gasteiger partial charge in [0.1, 0.15) is 17.2 Å². The van der Waals surface area contributed by atoms with Crippen molar-refractivity contribution in [2.24, 2.45) is 0 Å². The summed E-state index contributed by atoms with van der Waals surface area (Å²) < 4.78 is 40.1. The van der Waals surface area contributed by atoms with E-state index in [1.165, 1.54) is 12.1 Å². The van der Waals surface area contributed by atoms with Gasteiger partial charge in [0.15, 0.2) is 0 Å². The molecule has 1 saturated heterocycles. The van der Waals surface area contributed by atoms with Gasteiger partial charge >= 0.3 is 6.61 Å². The molecule has 0 aliphatic carbocycles. The van der Waals surface area contributed by atoms with Crippen LogP contribution in [0.3, 0.4) is 0 Å². The highest BCUT2D eigenvalue weighted by atomic mass is 19.3. The standard InChI is InChI=1S/C17H17F2NO3/c18-17(19)23-15-3-1-2-14(10-15)22-13-6-4-12(5-7-13)16-11-20-8-9-21-16/h1-7,10,16-17,20H,8-9,11H2. The molecule has 1 atom stereocenters. The van der Waals surface area contributed by atoms with Crippen LogP contribution in [0, 0.1) is 0 Å². The summed E-state index contributed by atoms with van der Waals surface area (Å²) in [7, 11) is 0. The Balaban J connectivity index is 1.66. The maximum atomic E-state index is 12.2. The van der Waals surface area contributed by atoms with Crippen molar-refractivity contribution in [2.45, 2.75) is 12.7 Å². The largest absolute Gasteiger partial charge is 0.457 e. The van der Waals surface area contributed by atoms with Crippen molar-refractivity contribution < 1.29 is 23.0 Å². The highest BCUT2D eigenvalue weighted by molar-refractivity contribution is 5.38. The van der Waals surface area contributed by atoms with Gasteiger partial charge < -0.3 is 19.5 Å². The third kappa shape index (κ3) is 4.40. The van der Waals surface area contributed by atoms with Crippen molar-refractivity contribution >= 4 is 0 Å². The first-order chi connectivity index (χ1) is 11.2. The summed E-state index contributed by atoms with van der Waals surface area (Å²) in [6, 6.07) is 13.7. The Morgan fingerprint density at radius 3 is 2.52 bits per heavy atom. The van der Waals surface area contributed by atoms with Crippen LogP contribution in [0.4, 0.5) is 8.78 Å². The lowest BCUT2D eigenvalue weighted by molar-refractivity contribution is -0.0499. The first kappa shape index (κ1) is 15.7. The van der Waals surface area contributed by atoms with Crippen molar-refractivity contribution in [1.29, 1.82) is 0 Å². The third-order valence-electron chi connectivity index (χ3n) is 3.45. The second kappa shape index (κ2) is 7.39. The highest BCUT2D eigenvalue weighted by Crippen LogP contribution is 2.28. The lowest BCUT2D eigenvalue weighted by atomic mass is 10.1. The van der Waals surface area contributed by atoms with Gasteiger partial charge in [0.25, 0.3) is 0 Å². The topological polar surface area (TPSA) is 39.7 Å². The zero-order valence-corrected chi connectivity index (χ0v) is 12.4. The number of rotatable bonds is 5. The Bertz CT molecular complexity index is 628. The third-order valence-corrected chi connectivity index (χ3v) is 3.45. The van der Waals surface area contributed by atoms with Crippen LogP contribution in [0.25, 0.3) is 0 Å². The van der Waals surface area contributed by atoms with Crippen LogP contribution in [0.2, 0.25) is 0 Å². The highest BCUT2D eigenvalue weighted by Gasteiger charge is 2.15. The predicted octanol–water partition coefficient (Wildman–Crippen LogP) is 3.74. The van der Waals surface area contributed by atoms with E-state index in [0.717, 1.165) is 18.7 Å². The van der Waals surface area contributed by atoms with Crippen LogP contribution in [-0.2, 0) is 4.74 Å². The number of alkyl halides is 2. The second-order valence-corrected chi connectivity index (χ2v) is 5.09. The summed E-state index contributed by atoms with van der Waals surface area (Å²) in [6.07, 6.45) is 0.0422. The molecular formula is C17H17F2NO3. The molecule has 0 bridgehead atoms. The molecule has 6 heteroatoms. The van der Waals surface area contributed by atoms with E-state index in [0.29, 0.717) is 18.1 Å². The lowest BCUT2D eigenvalue weighted by Gasteiger charge is -2.24. The summed E-state index contributed by atoms with van der Waals surface area (Å²) in [5.74, 6) is 1.12. The molecule has 1 fully saturated rings. The summed E-state index contributed by atoms with van der Waals surface area (Å²) in [6.45, 7) is -0.504. The van der Waals surface area contributed by atoms with Gasteiger partial charge in [-0.2, -0.15) is 8.78 Å². The van der Waals surface area contributed by atoms with Crippen LogP contribution in [0.5, 0.6) is 17.2 Å². The van der Waals surface area contributed by atoms with Crippen molar-refractivity contribution in [2.75, 3.05) is 19.7 Å². The van der Waals surface area contributed by atoms with Crippen LogP contribution < -0.4 is 14.8 Å². The van der Waals surface area contributed by atoms with Crippen LogP contribution in [0.15, 0.2) is 48.5 Å². The number of hydrogen-bond donors (Lipinski definition) is 1. The molecular weight excluding hydrogens is 304 g/mol. The van der Waals surface area contributed by atoms with Gasteiger partial charge in [0, 0.05) is 19.2 Å². The molecule has 0 saturated carbocycles. The van der Waals surface area contributed by atoms with E-state index in [1.807, 2.05) is 24.3 Å². The van der Waals surface area contributed by atoms with Crippen molar-refractivity contribution in [3.8, 4) is 17.2 Å². The number of hydrogen-bond acceptors (Lipinski definition) is 4. The first-order valence-electron chi connectivity index (χ1n) is 7.36. The number of morpholine rings is 1. The second-order valence-electron chi connectivity index (χ2n) is 5.09. The van der Waals surface area contributed by atoms with E-state index in [1.54, 1.807) is 12.1 Å². The van der Waals surface area contributed by atoms with E-state index in [4.69, 9.17) is 9.47 Å². The molecule has 1 aliphatic rings. The Morgan fingerprint density at radius 1 is 1.04 bits per heavy atom. The zero-order chi connectivity index (χ0) is 16.1. The van der Waals surface area contributed by atoms with Crippen LogP contribution in [-0.4, -0.2) is 26.3 Å². The Kier molecular flexibility index (Phi) is 5.05. The molecule has 1 aliphatic heterocycles. The monoisotopic (exact) mass is 321 g/mol. The fourth-order valence-electron chi connectivity index (χ4n) is 2.38. The molecule has 122 valence electrons. The SMILES string of the molecule is FC(F)Oc1cccc(Oc2ccc(C3CNCCO3)cc2)c1. The number of halogens is 2. The lowest BCUT2D eigenvalue weighted by Crippen LogP contribution is -2.33. The minimum Gasteiger partial charge on any atom is -0.457 e. The smallest absolute Gasteiger partial charge is 0.387 e.